The van der Waals surface area contributed by atoms with Crippen molar-refractivity contribution in [2.24, 2.45) is 0 Å². The van der Waals surface area contributed by atoms with E-state index in [-0.39, 0.29) is 6.10 Å². The van der Waals surface area contributed by atoms with Crippen molar-refractivity contribution >= 4 is 22.0 Å². The van der Waals surface area contributed by atoms with Crippen molar-refractivity contribution in [1.29, 1.82) is 0 Å². The Kier molecular flexibility index (Phi) is 5.87. The van der Waals surface area contributed by atoms with Crippen molar-refractivity contribution in [3.05, 3.63) is 78.9 Å². The van der Waals surface area contributed by atoms with Crippen LogP contribution in [0.4, 0.5) is 5.69 Å². The summed E-state index contributed by atoms with van der Waals surface area (Å²) < 4.78 is 11.5. The highest BCUT2D eigenvalue weighted by Gasteiger charge is 2.43. The van der Waals surface area contributed by atoms with E-state index >= 15 is 0 Å². The van der Waals surface area contributed by atoms with Crippen molar-refractivity contribution in [3.8, 4) is 5.75 Å². The van der Waals surface area contributed by atoms with E-state index in [0.717, 1.165) is 48.3 Å². The first-order valence-corrected chi connectivity index (χ1v) is 11.2. The Morgan fingerprint density at radius 3 is 2.44 bits per heavy atom. The number of nitrogens with one attached hydrogen (secondary N) is 1. The Hall–Kier alpha value is -2.86. The average molecular weight is 432 g/mol. The van der Waals surface area contributed by atoms with Crippen molar-refractivity contribution in [1.82, 2.24) is 0 Å². The fourth-order valence-corrected chi connectivity index (χ4v) is 4.51. The second-order valence-electron chi connectivity index (χ2n) is 8.62. The minimum atomic E-state index is -0.655. The summed E-state index contributed by atoms with van der Waals surface area (Å²) in [6, 6.07) is 23.0. The molecule has 1 unspecified atom stereocenters. The number of fused-ring (bicyclic) bond motifs is 1. The largest absolute Gasteiger partial charge is 0.497 e. The molecule has 1 N–H and O–H groups in total. The van der Waals surface area contributed by atoms with E-state index in [1.165, 1.54) is 10.8 Å². The van der Waals surface area contributed by atoms with E-state index in [1.54, 1.807) is 7.11 Å². The molecule has 2 aliphatic rings. The summed E-state index contributed by atoms with van der Waals surface area (Å²) in [6.45, 7) is 4.70. The number of hydrogen-bond acceptors (Lipinski definition) is 5. The lowest BCUT2D eigenvalue weighted by molar-refractivity contribution is -0.483. The fraction of sp³-hybridized carbons (Fsp3) is 0.333. The van der Waals surface area contributed by atoms with Gasteiger partial charge in [-0.1, -0.05) is 43.0 Å². The number of hydrogen-bond donors (Lipinski definition) is 1. The zero-order valence-electron chi connectivity index (χ0n) is 18.4. The van der Waals surface area contributed by atoms with Crippen LogP contribution in [0.2, 0.25) is 0 Å². The maximum atomic E-state index is 6.23. The first-order chi connectivity index (χ1) is 15.6. The molecular weight excluding hydrogens is 402 g/mol. The van der Waals surface area contributed by atoms with Crippen LogP contribution >= 0.6 is 0 Å². The lowest BCUT2D eigenvalue weighted by Gasteiger charge is -2.43. The molecule has 0 amide bonds. The second kappa shape index (κ2) is 8.94. The van der Waals surface area contributed by atoms with Crippen LogP contribution in [0.3, 0.4) is 0 Å². The normalized spacial score (nSPS) is 25.5. The molecule has 5 nitrogen and oxygen atoms in total. The lowest BCUT2D eigenvalue weighted by atomic mass is 9.89. The predicted octanol–water partition coefficient (Wildman–Crippen LogP) is 5.96. The molecule has 1 aliphatic heterocycles. The van der Waals surface area contributed by atoms with Crippen LogP contribution in [0.1, 0.15) is 31.2 Å². The summed E-state index contributed by atoms with van der Waals surface area (Å²) >= 11 is 0. The number of rotatable bonds is 5. The van der Waals surface area contributed by atoms with E-state index in [9.17, 15) is 0 Å². The molecule has 1 aliphatic carbocycles. The van der Waals surface area contributed by atoms with E-state index in [0.29, 0.717) is 12.6 Å². The van der Waals surface area contributed by atoms with Gasteiger partial charge >= 0.3 is 0 Å². The minimum absolute atomic E-state index is 0.308. The van der Waals surface area contributed by atoms with Gasteiger partial charge in [-0.05, 0) is 65.1 Å². The summed E-state index contributed by atoms with van der Waals surface area (Å²) in [6.07, 6.45) is 3.17. The zero-order valence-corrected chi connectivity index (χ0v) is 18.4. The van der Waals surface area contributed by atoms with Crippen LogP contribution in [0.5, 0.6) is 5.75 Å². The molecule has 0 aromatic heterocycles. The molecule has 1 spiro atoms. The predicted molar refractivity (Wildman–Crippen MR) is 126 cm³/mol. The van der Waals surface area contributed by atoms with Crippen LogP contribution in [-0.2, 0) is 14.5 Å². The van der Waals surface area contributed by atoms with Crippen LogP contribution in [0, 0.1) is 0 Å². The van der Waals surface area contributed by atoms with Gasteiger partial charge in [0.15, 0.2) is 0 Å². The SMILES string of the molecule is C=C(c1ccc2ccccc2c1)C1COC2(CCC(Nc3ccc(OC)cc3)CC2)OO1. The topological polar surface area (TPSA) is 49.0 Å². The van der Waals surface area contributed by atoms with E-state index in [4.69, 9.17) is 19.2 Å². The van der Waals surface area contributed by atoms with Gasteiger partial charge in [-0.15, -0.1) is 0 Å². The van der Waals surface area contributed by atoms with Gasteiger partial charge in [-0.3, -0.25) is 0 Å². The second-order valence-corrected chi connectivity index (χ2v) is 8.62. The van der Waals surface area contributed by atoms with Gasteiger partial charge in [0.2, 0.25) is 5.79 Å². The molecule has 2 fully saturated rings. The molecule has 32 heavy (non-hydrogen) atoms. The molecule has 3 aromatic rings. The van der Waals surface area contributed by atoms with Crippen molar-refractivity contribution < 1.29 is 19.2 Å². The highest BCUT2D eigenvalue weighted by atomic mass is 17.2. The Bertz CT molecular complexity index is 1080. The van der Waals surface area contributed by atoms with Gasteiger partial charge in [0.25, 0.3) is 0 Å². The van der Waals surface area contributed by atoms with E-state index in [2.05, 4.69) is 42.2 Å². The summed E-state index contributed by atoms with van der Waals surface area (Å²) in [7, 11) is 1.68. The Morgan fingerprint density at radius 2 is 1.75 bits per heavy atom. The molecule has 3 aromatic carbocycles. The molecule has 5 rings (SSSR count). The summed E-state index contributed by atoms with van der Waals surface area (Å²) in [4.78, 5) is 11.7. The summed E-state index contributed by atoms with van der Waals surface area (Å²) in [5.74, 6) is 0.206. The van der Waals surface area contributed by atoms with Crippen molar-refractivity contribution in [2.45, 2.75) is 43.6 Å². The molecule has 5 heteroatoms. The van der Waals surface area contributed by atoms with Crippen molar-refractivity contribution in [3.63, 3.8) is 0 Å². The molecule has 1 atom stereocenters. The van der Waals surface area contributed by atoms with Gasteiger partial charge in [-0.2, -0.15) is 0 Å². The zero-order chi connectivity index (χ0) is 22.0. The number of anilines is 1. The minimum Gasteiger partial charge on any atom is -0.497 e. The number of benzene rings is 3. The van der Waals surface area contributed by atoms with Crippen LogP contribution in [0.25, 0.3) is 16.3 Å². The van der Waals surface area contributed by atoms with E-state index < -0.39 is 5.79 Å². The van der Waals surface area contributed by atoms with Crippen LogP contribution in [0.15, 0.2) is 73.3 Å². The Labute approximate surface area is 188 Å². The highest BCUT2D eigenvalue weighted by molar-refractivity contribution is 5.86. The fourth-order valence-electron chi connectivity index (χ4n) is 4.51. The smallest absolute Gasteiger partial charge is 0.201 e. The quantitative estimate of drug-likeness (QED) is 0.505. The molecule has 1 saturated carbocycles. The lowest BCUT2D eigenvalue weighted by Crippen LogP contribution is -2.49. The van der Waals surface area contributed by atoms with Gasteiger partial charge in [0.05, 0.1) is 13.7 Å². The third-order valence-corrected chi connectivity index (χ3v) is 6.53. The summed E-state index contributed by atoms with van der Waals surface area (Å²) in [5, 5.41) is 5.99. The first-order valence-electron chi connectivity index (χ1n) is 11.2. The standard InChI is InChI=1S/C27H29NO4/c1-19(21-8-7-20-5-3-4-6-22(20)17-21)26-18-30-27(32-31-26)15-13-24(14-16-27)28-23-9-11-25(29-2)12-10-23/h3-12,17,24,26,28H,1,13-16,18H2,2H3. The molecule has 0 bridgehead atoms. The van der Waals surface area contributed by atoms with Gasteiger partial charge < -0.3 is 14.8 Å². The monoisotopic (exact) mass is 431 g/mol. The maximum absolute atomic E-state index is 6.23. The highest BCUT2D eigenvalue weighted by Crippen LogP contribution is 2.39. The van der Waals surface area contributed by atoms with Crippen LogP contribution in [-0.4, -0.2) is 31.6 Å². The van der Waals surface area contributed by atoms with Gasteiger partial charge in [0, 0.05) is 24.6 Å². The maximum Gasteiger partial charge on any atom is 0.201 e. The third-order valence-electron chi connectivity index (χ3n) is 6.53. The van der Waals surface area contributed by atoms with Gasteiger partial charge in [-0.25, -0.2) is 9.78 Å². The average Bonchev–Trinajstić information content (AvgIpc) is 2.86. The third kappa shape index (κ3) is 4.37. The Balaban J connectivity index is 1.15. The first kappa shape index (κ1) is 21.0. The molecule has 1 saturated heterocycles. The van der Waals surface area contributed by atoms with Gasteiger partial charge in [0.1, 0.15) is 11.9 Å². The molecule has 0 radical (unpaired) electrons. The molecule has 166 valence electrons. The Morgan fingerprint density at radius 1 is 1.00 bits per heavy atom. The number of methoxy groups -OCH3 is 1. The van der Waals surface area contributed by atoms with E-state index in [1.807, 2.05) is 36.4 Å². The molecule has 1 heterocycles. The van der Waals surface area contributed by atoms with Crippen molar-refractivity contribution in [2.75, 3.05) is 19.0 Å². The number of ether oxygens (including phenoxy) is 2. The van der Waals surface area contributed by atoms with Crippen LogP contribution < -0.4 is 10.1 Å². The summed E-state index contributed by atoms with van der Waals surface area (Å²) in [5.41, 5.74) is 3.02. The molecular formula is C27H29NO4.